The first kappa shape index (κ1) is 16.6. The molecule has 2 rings (SSSR count). The predicted molar refractivity (Wildman–Crippen MR) is 80.0 cm³/mol. The number of benzene rings is 1. The number of piperidine rings is 1. The van der Waals surface area contributed by atoms with Gasteiger partial charge in [0.1, 0.15) is 6.61 Å². The number of Topliss-reactive ketones (excluding diaryl/α,β-unsaturated/α-hetero) is 1. The van der Waals surface area contributed by atoms with E-state index in [4.69, 9.17) is 4.74 Å². The highest BCUT2D eigenvalue weighted by Gasteiger charge is 2.26. The molecule has 1 aromatic rings. The van der Waals surface area contributed by atoms with Gasteiger partial charge in [0.2, 0.25) is 10.0 Å². The van der Waals surface area contributed by atoms with Gasteiger partial charge in [-0.25, -0.2) is 13.2 Å². The normalized spacial score (nSPS) is 16.2. The molecule has 7 heteroatoms. The van der Waals surface area contributed by atoms with Crippen molar-refractivity contribution in [1.82, 2.24) is 4.31 Å². The van der Waals surface area contributed by atoms with Crippen molar-refractivity contribution in [2.24, 2.45) is 0 Å². The minimum Gasteiger partial charge on any atom is -0.454 e. The Kier molecular flexibility index (Phi) is 5.31. The average Bonchev–Trinajstić information content (AvgIpc) is 2.53. The van der Waals surface area contributed by atoms with Crippen LogP contribution in [0.3, 0.4) is 0 Å². The van der Waals surface area contributed by atoms with Crippen LogP contribution in [-0.2, 0) is 19.6 Å². The van der Waals surface area contributed by atoms with Crippen molar-refractivity contribution in [3.8, 4) is 0 Å². The molecule has 0 aliphatic carbocycles. The van der Waals surface area contributed by atoms with E-state index in [-0.39, 0.29) is 22.8 Å². The number of esters is 1. The Morgan fingerprint density at radius 2 is 1.68 bits per heavy atom. The van der Waals surface area contributed by atoms with Crippen LogP contribution in [0.15, 0.2) is 29.2 Å². The highest BCUT2D eigenvalue weighted by atomic mass is 32.2. The highest BCUT2D eigenvalue weighted by molar-refractivity contribution is 7.89. The fourth-order valence-corrected chi connectivity index (χ4v) is 3.78. The van der Waals surface area contributed by atoms with E-state index in [0.29, 0.717) is 13.1 Å². The van der Waals surface area contributed by atoms with Crippen LogP contribution in [0.2, 0.25) is 0 Å². The second kappa shape index (κ2) is 7.02. The zero-order valence-electron chi connectivity index (χ0n) is 12.4. The average molecular weight is 325 g/mol. The van der Waals surface area contributed by atoms with E-state index in [1.54, 1.807) is 0 Å². The van der Waals surface area contributed by atoms with Crippen LogP contribution in [0.4, 0.5) is 0 Å². The lowest BCUT2D eigenvalue weighted by Crippen LogP contribution is -2.35. The Balaban J connectivity index is 2.10. The summed E-state index contributed by atoms with van der Waals surface area (Å²) < 4.78 is 31.2. The zero-order chi connectivity index (χ0) is 16.2. The maximum Gasteiger partial charge on any atom is 0.338 e. The maximum absolute atomic E-state index is 12.4. The Morgan fingerprint density at radius 1 is 1.09 bits per heavy atom. The van der Waals surface area contributed by atoms with Gasteiger partial charge in [-0.1, -0.05) is 6.42 Å². The molecule has 6 nitrogen and oxygen atoms in total. The third-order valence-corrected chi connectivity index (χ3v) is 5.36. The van der Waals surface area contributed by atoms with Gasteiger partial charge in [0.25, 0.3) is 0 Å². The Morgan fingerprint density at radius 3 is 2.23 bits per heavy atom. The largest absolute Gasteiger partial charge is 0.454 e. The minimum absolute atomic E-state index is 0.164. The first-order chi connectivity index (χ1) is 10.4. The molecule has 120 valence electrons. The zero-order valence-corrected chi connectivity index (χ0v) is 13.3. The molecule has 1 saturated heterocycles. The summed E-state index contributed by atoms with van der Waals surface area (Å²) in [4.78, 5) is 22.6. The lowest BCUT2D eigenvalue weighted by Gasteiger charge is -2.25. The Labute approximate surface area is 130 Å². The van der Waals surface area contributed by atoms with E-state index >= 15 is 0 Å². The summed E-state index contributed by atoms with van der Waals surface area (Å²) >= 11 is 0. The predicted octanol–water partition coefficient (Wildman–Crippen LogP) is 1.61. The molecule has 0 saturated carbocycles. The minimum atomic E-state index is -3.50. The first-order valence-corrected chi connectivity index (χ1v) is 8.62. The molecular formula is C15H19NO5S. The highest BCUT2D eigenvalue weighted by Crippen LogP contribution is 2.21. The smallest absolute Gasteiger partial charge is 0.338 e. The van der Waals surface area contributed by atoms with Gasteiger partial charge in [0.05, 0.1) is 10.5 Å². The number of hydrogen-bond donors (Lipinski definition) is 0. The summed E-state index contributed by atoms with van der Waals surface area (Å²) in [7, 11) is -3.50. The maximum atomic E-state index is 12.4. The quantitative estimate of drug-likeness (QED) is 0.768. The van der Waals surface area contributed by atoms with Gasteiger partial charge in [-0.2, -0.15) is 4.31 Å². The molecule has 0 radical (unpaired) electrons. The monoisotopic (exact) mass is 325 g/mol. The Hall–Kier alpha value is -1.73. The molecule has 0 atom stereocenters. The number of ether oxygens (including phenoxy) is 1. The van der Waals surface area contributed by atoms with Crippen molar-refractivity contribution >= 4 is 21.8 Å². The van der Waals surface area contributed by atoms with E-state index in [0.717, 1.165) is 19.3 Å². The third kappa shape index (κ3) is 3.92. The fourth-order valence-electron chi connectivity index (χ4n) is 2.27. The number of ketones is 1. The van der Waals surface area contributed by atoms with Gasteiger partial charge < -0.3 is 4.74 Å². The standard InChI is InChI=1S/C15H19NO5S/c1-12(17)11-21-15(18)13-5-7-14(8-6-13)22(19,20)16-9-3-2-4-10-16/h5-8H,2-4,9-11H2,1H3. The molecule has 0 aromatic heterocycles. The van der Waals surface area contributed by atoms with Gasteiger partial charge in [-0.05, 0) is 44.0 Å². The van der Waals surface area contributed by atoms with Crippen LogP contribution >= 0.6 is 0 Å². The van der Waals surface area contributed by atoms with Crippen LogP contribution in [0.1, 0.15) is 36.5 Å². The summed E-state index contributed by atoms with van der Waals surface area (Å²) in [6, 6.07) is 5.60. The lowest BCUT2D eigenvalue weighted by molar-refractivity contribution is -0.120. The van der Waals surface area contributed by atoms with Crippen molar-refractivity contribution in [2.75, 3.05) is 19.7 Å². The summed E-state index contributed by atoms with van der Waals surface area (Å²) in [5.41, 5.74) is 0.221. The number of rotatable bonds is 5. The van der Waals surface area contributed by atoms with Crippen LogP contribution in [0, 0.1) is 0 Å². The summed E-state index contributed by atoms with van der Waals surface area (Å²) in [5.74, 6) is -0.894. The van der Waals surface area contributed by atoms with Crippen molar-refractivity contribution < 1.29 is 22.7 Å². The number of sulfonamides is 1. The first-order valence-electron chi connectivity index (χ1n) is 7.18. The van der Waals surface area contributed by atoms with Gasteiger partial charge in [0, 0.05) is 13.1 Å². The lowest BCUT2D eigenvalue weighted by atomic mass is 10.2. The van der Waals surface area contributed by atoms with Gasteiger partial charge in [-0.3, -0.25) is 4.79 Å². The van der Waals surface area contributed by atoms with Crippen molar-refractivity contribution in [1.29, 1.82) is 0 Å². The van der Waals surface area contributed by atoms with E-state index in [1.807, 2.05) is 0 Å². The molecule has 0 unspecified atom stereocenters. The number of nitrogens with zero attached hydrogens (tertiary/aromatic N) is 1. The van der Waals surface area contributed by atoms with Gasteiger partial charge >= 0.3 is 5.97 Å². The molecular weight excluding hydrogens is 306 g/mol. The van der Waals surface area contributed by atoms with Crippen molar-refractivity contribution in [2.45, 2.75) is 31.1 Å². The van der Waals surface area contributed by atoms with Crippen LogP contribution < -0.4 is 0 Å². The number of hydrogen-bond acceptors (Lipinski definition) is 5. The second-order valence-corrected chi connectivity index (χ2v) is 7.21. The molecule has 0 spiro atoms. The van der Waals surface area contributed by atoms with Gasteiger partial charge in [0.15, 0.2) is 5.78 Å². The SMILES string of the molecule is CC(=O)COC(=O)c1ccc(S(=O)(=O)N2CCCCC2)cc1. The summed E-state index contributed by atoms with van der Waals surface area (Å²) in [5, 5.41) is 0. The molecule has 22 heavy (non-hydrogen) atoms. The molecule has 1 aliphatic rings. The van der Waals surface area contributed by atoms with Crippen molar-refractivity contribution in [3.05, 3.63) is 29.8 Å². The topological polar surface area (TPSA) is 80.8 Å². The van der Waals surface area contributed by atoms with E-state index in [1.165, 1.54) is 35.5 Å². The summed E-state index contributed by atoms with van der Waals surface area (Å²) in [6.45, 7) is 2.10. The van der Waals surface area contributed by atoms with Crippen LogP contribution in [-0.4, -0.2) is 44.2 Å². The number of carbonyl (C=O) groups is 2. The van der Waals surface area contributed by atoms with Crippen LogP contribution in [0.5, 0.6) is 0 Å². The van der Waals surface area contributed by atoms with E-state index in [2.05, 4.69) is 0 Å². The second-order valence-electron chi connectivity index (χ2n) is 5.27. The molecule has 1 aromatic carbocycles. The third-order valence-electron chi connectivity index (χ3n) is 3.45. The molecule has 0 amide bonds. The molecule has 0 N–H and O–H groups in total. The summed E-state index contributed by atoms with van der Waals surface area (Å²) in [6.07, 6.45) is 2.79. The molecule has 1 heterocycles. The van der Waals surface area contributed by atoms with E-state index < -0.39 is 16.0 Å². The fraction of sp³-hybridized carbons (Fsp3) is 0.467. The molecule has 1 aliphatic heterocycles. The molecule has 1 fully saturated rings. The Bertz CT molecular complexity index is 645. The number of carbonyl (C=O) groups excluding carboxylic acids is 2. The van der Waals surface area contributed by atoms with Crippen LogP contribution in [0.25, 0.3) is 0 Å². The van der Waals surface area contributed by atoms with E-state index in [9.17, 15) is 18.0 Å². The van der Waals surface area contributed by atoms with Gasteiger partial charge in [-0.15, -0.1) is 0 Å². The van der Waals surface area contributed by atoms with Crippen molar-refractivity contribution in [3.63, 3.8) is 0 Å². The molecule has 0 bridgehead atoms.